The molecule has 0 aliphatic rings. The van der Waals surface area contributed by atoms with Crippen molar-refractivity contribution in [2.75, 3.05) is 13.1 Å². The topological polar surface area (TPSA) is 60.2 Å². The lowest BCUT2D eigenvalue weighted by Crippen LogP contribution is -2.39. The Morgan fingerprint density at radius 3 is 2.27 bits per heavy atom. The van der Waals surface area contributed by atoms with Gasteiger partial charge in [0.25, 0.3) is 0 Å². The average Bonchev–Trinajstić information content (AvgIpc) is 2.53. The van der Waals surface area contributed by atoms with Gasteiger partial charge in [0.1, 0.15) is 0 Å². The fraction of sp³-hybridized carbons (Fsp3) is 0.529. The van der Waals surface area contributed by atoms with E-state index in [4.69, 9.17) is 5.26 Å². The molecule has 2 N–H and O–H groups in total. The van der Waals surface area contributed by atoms with Crippen LogP contribution in [0.4, 0.5) is 0 Å². The molecule has 0 atom stereocenters. The van der Waals surface area contributed by atoms with Crippen molar-refractivity contribution in [1.82, 2.24) is 10.6 Å². The summed E-state index contributed by atoms with van der Waals surface area (Å²) in [6.07, 6.45) is 2.36. The highest BCUT2D eigenvalue weighted by Gasteiger charge is 2.04. The molecule has 1 aromatic carbocycles. The number of guanidine groups is 1. The van der Waals surface area contributed by atoms with Crippen molar-refractivity contribution in [3.8, 4) is 6.07 Å². The van der Waals surface area contributed by atoms with Gasteiger partial charge in [0.2, 0.25) is 0 Å². The van der Waals surface area contributed by atoms with Crippen LogP contribution in [0.1, 0.15) is 44.7 Å². The van der Waals surface area contributed by atoms with Crippen LogP contribution in [0.3, 0.4) is 0 Å². The second-order valence-electron chi connectivity index (χ2n) is 5.07. The Balaban J connectivity index is 0.00000441. The van der Waals surface area contributed by atoms with Crippen molar-refractivity contribution >= 4 is 29.9 Å². The van der Waals surface area contributed by atoms with Crippen molar-refractivity contribution in [3.63, 3.8) is 0 Å². The molecule has 1 rings (SSSR count). The van der Waals surface area contributed by atoms with Gasteiger partial charge in [-0.25, -0.2) is 4.99 Å². The maximum atomic E-state index is 8.79. The zero-order chi connectivity index (χ0) is 15.5. The van der Waals surface area contributed by atoms with Gasteiger partial charge in [0, 0.05) is 13.1 Å². The van der Waals surface area contributed by atoms with Gasteiger partial charge in [-0.15, -0.1) is 24.0 Å². The molecule has 0 fully saturated rings. The van der Waals surface area contributed by atoms with Crippen LogP contribution in [-0.4, -0.2) is 19.0 Å². The van der Waals surface area contributed by atoms with Gasteiger partial charge < -0.3 is 10.6 Å². The largest absolute Gasteiger partial charge is 0.357 e. The Hall–Kier alpha value is -1.29. The van der Waals surface area contributed by atoms with E-state index in [9.17, 15) is 0 Å². The molecule has 0 radical (unpaired) electrons. The molecule has 0 aliphatic carbocycles. The Morgan fingerprint density at radius 2 is 1.77 bits per heavy atom. The van der Waals surface area contributed by atoms with E-state index in [1.807, 2.05) is 24.3 Å². The lowest BCUT2D eigenvalue weighted by atomic mass is 10.0. The summed E-state index contributed by atoms with van der Waals surface area (Å²) in [6, 6.07) is 9.68. The van der Waals surface area contributed by atoms with Crippen LogP contribution < -0.4 is 10.6 Å². The van der Waals surface area contributed by atoms with Gasteiger partial charge >= 0.3 is 0 Å². The molecule has 0 bridgehead atoms. The van der Waals surface area contributed by atoms with Gasteiger partial charge in [-0.3, -0.25) is 0 Å². The number of nitrogens with zero attached hydrogens (tertiary/aromatic N) is 2. The molecular formula is C17H27IN4. The second kappa shape index (κ2) is 12.3. The third kappa shape index (κ3) is 7.64. The van der Waals surface area contributed by atoms with E-state index in [1.165, 1.54) is 12.8 Å². The van der Waals surface area contributed by atoms with Crippen molar-refractivity contribution < 1.29 is 0 Å². The summed E-state index contributed by atoms with van der Waals surface area (Å²) >= 11 is 0. The summed E-state index contributed by atoms with van der Waals surface area (Å²) in [6.45, 7) is 8.92. The average molecular weight is 414 g/mol. The monoisotopic (exact) mass is 414 g/mol. The van der Waals surface area contributed by atoms with Crippen LogP contribution in [0.25, 0.3) is 0 Å². The molecule has 0 saturated carbocycles. The number of hydrogen-bond acceptors (Lipinski definition) is 2. The van der Waals surface area contributed by atoms with Crippen LogP contribution in [0.15, 0.2) is 29.3 Å². The number of nitrogens with one attached hydrogen (secondary N) is 2. The van der Waals surface area contributed by atoms with E-state index < -0.39 is 0 Å². The van der Waals surface area contributed by atoms with Crippen LogP contribution in [0.5, 0.6) is 0 Å². The zero-order valence-electron chi connectivity index (χ0n) is 13.7. The number of hydrogen-bond donors (Lipinski definition) is 2. The Labute approximate surface area is 151 Å². The third-order valence-electron chi connectivity index (χ3n) is 3.56. The number of nitriles is 1. The fourth-order valence-corrected chi connectivity index (χ4v) is 2.02. The molecular weight excluding hydrogens is 387 g/mol. The van der Waals surface area contributed by atoms with Gasteiger partial charge in [0.15, 0.2) is 5.96 Å². The SMILES string of the molecule is CCNC(=NCc1ccc(C#N)cc1)NCC(CC)CC.I. The molecule has 4 nitrogen and oxygen atoms in total. The lowest BCUT2D eigenvalue weighted by Gasteiger charge is -2.16. The first-order chi connectivity index (χ1) is 10.2. The number of halogens is 1. The highest BCUT2D eigenvalue weighted by Crippen LogP contribution is 2.06. The summed E-state index contributed by atoms with van der Waals surface area (Å²) in [5, 5.41) is 15.5. The van der Waals surface area contributed by atoms with Crippen LogP contribution in [0.2, 0.25) is 0 Å². The smallest absolute Gasteiger partial charge is 0.191 e. The Morgan fingerprint density at radius 1 is 1.14 bits per heavy atom. The van der Waals surface area contributed by atoms with Crippen LogP contribution in [0, 0.1) is 17.2 Å². The van der Waals surface area contributed by atoms with Crippen molar-refractivity contribution in [2.45, 2.75) is 40.2 Å². The predicted octanol–water partition coefficient (Wildman–Crippen LogP) is 3.67. The molecule has 0 amide bonds. The maximum Gasteiger partial charge on any atom is 0.191 e. The molecule has 5 heteroatoms. The van der Waals surface area contributed by atoms with Gasteiger partial charge in [0.05, 0.1) is 18.2 Å². The third-order valence-corrected chi connectivity index (χ3v) is 3.56. The quantitative estimate of drug-likeness (QED) is 0.407. The standard InChI is InChI=1S/C17H26N4.HI/c1-4-14(5-2)12-20-17(19-6-3)21-13-16-9-7-15(11-18)8-10-16;/h7-10,14H,4-6,12-13H2,1-3H3,(H2,19,20,21);1H. The van der Waals surface area contributed by atoms with E-state index in [1.54, 1.807) is 0 Å². The predicted molar refractivity (Wildman–Crippen MR) is 103 cm³/mol. The summed E-state index contributed by atoms with van der Waals surface area (Å²) in [4.78, 5) is 4.59. The second-order valence-corrected chi connectivity index (χ2v) is 5.07. The summed E-state index contributed by atoms with van der Waals surface area (Å²) in [5.74, 6) is 1.54. The minimum Gasteiger partial charge on any atom is -0.357 e. The zero-order valence-corrected chi connectivity index (χ0v) is 16.1. The van der Waals surface area contributed by atoms with Gasteiger partial charge in [-0.05, 0) is 30.5 Å². The maximum absolute atomic E-state index is 8.79. The summed E-state index contributed by atoms with van der Waals surface area (Å²) in [7, 11) is 0. The Kier molecular flexibility index (Phi) is 11.6. The van der Waals surface area contributed by atoms with Gasteiger partial charge in [-0.2, -0.15) is 5.26 Å². The van der Waals surface area contributed by atoms with E-state index >= 15 is 0 Å². The molecule has 0 heterocycles. The van der Waals surface area contributed by atoms with E-state index in [0.717, 1.165) is 24.6 Å². The van der Waals surface area contributed by atoms with E-state index in [0.29, 0.717) is 18.0 Å². The number of aliphatic imine (C=N–C) groups is 1. The normalized spacial score (nSPS) is 10.8. The van der Waals surface area contributed by atoms with Crippen LogP contribution in [-0.2, 0) is 6.54 Å². The summed E-state index contributed by atoms with van der Waals surface area (Å²) < 4.78 is 0. The fourth-order valence-electron chi connectivity index (χ4n) is 2.02. The van der Waals surface area contributed by atoms with E-state index in [-0.39, 0.29) is 24.0 Å². The summed E-state index contributed by atoms with van der Waals surface area (Å²) in [5.41, 5.74) is 1.79. The van der Waals surface area contributed by atoms with Gasteiger partial charge in [-0.1, -0.05) is 38.8 Å². The molecule has 0 spiro atoms. The van der Waals surface area contributed by atoms with Crippen molar-refractivity contribution in [3.05, 3.63) is 35.4 Å². The minimum absolute atomic E-state index is 0. The van der Waals surface area contributed by atoms with Crippen LogP contribution >= 0.6 is 24.0 Å². The molecule has 0 aromatic heterocycles. The lowest BCUT2D eigenvalue weighted by molar-refractivity contribution is 0.481. The molecule has 0 saturated heterocycles. The molecule has 22 heavy (non-hydrogen) atoms. The van der Waals surface area contributed by atoms with Crippen molar-refractivity contribution in [1.29, 1.82) is 5.26 Å². The first-order valence-corrected chi connectivity index (χ1v) is 7.74. The number of benzene rings is 1. The Bertz CT molecular complexity index is 472. The van der Waals surface area contributed by atoms with Crippen molar-refractivity contribution in [2.24, 2.45) is 10.9 Å². The molecule has 122 valence electrons. The molecule has 1 aromatic rings. The number of rotatable bonds is 7. The first-order valence-electron chi connectivity index (χ1n) is 7.74. The molecule has 0 unspecified atom stereocenters. The highest BCUT2D eigenvalue weighted by molar-refractivity contribution is 14.0. The first kappa shape index (κ1) is 20.7. The highest BCUT2D eigenvalue weighted by atomic mass is 127. The minimum atomic E-state index is 0. The molecule has 0 aliphatic heterocycles. The van der Waals surface area contributed by atoms with E-state index in [2.05, 4.69) is 42.5 Å².